The number of benzene rings is 1. The summed E-state index contributed by atoms with van der Waals surface area (Å²) in [5.74, 6) is -4.57. The van der Waals surface area contributed by atoms with Crippen LogP contribution in [0.25, 0.3) is 0 Å². The minimum Gasteiger partial charge on any atom is -0.481 e. The standard InChI is InChI=1S/C24H34N4O7/c1-14(2)11-17(22(32)28-19(24(34)35)12-15-7-4-3-5-8-15)26-23(33)18(13-20(29)30)27-21(31)16-9-6-10-25-16/h3-5,7-8,14,16-19,25H,6,9-13H2,1-2H3,(H,26,33)(H,27,31)(H,28,32)(H,29,30)(H,34,35). The Hall–Kier alpha value is -3.47. The Morgan fingerprint density at radius 3 is 2.11 bits per heavy atom. The van der Waals surface area contributed by atoms with Crippen molar-refractivity contribution in [2.75, 3.05) is 6.54 Å². The Balaban J connectivity index is 2.11. The Bertz CT molecular complexity index is 900. The highest BCUT2D eigenvalue weighted by Crippen LogP contribution is 2.10. The average Bonchev–Trinajstić information content (AvgIpc) is 3.33. The normalized spacial score (nSPS) is 17.7. The lowest BCUT2D eigenvalue weighted by molar-refractivity contribution is -0.143. The Morgan fingerprint density at radius 2 is 1.57 bits per heavy atom. The molecule has 1 aromatic rings. The Morgan fingerprint density at radius 1 is 0.943 bits per heavy atom. The van der Waals surface area contributed by atoms with Crippen molar-refractivity contribution in [3.63, 3.8) is 0 Å². The summed E-state index contributed by atoms with van der Waals surface area (Å²) in [5, 5.41) is 29.3. The van der Waals surface area contributed by atoms with Gasteiger partial charge in [-0.2, -0.15) is 0 Å². The number of rotatable bonds is 13. The molecule has 0 spiro atoms. The van der Waals surface area contributed by atoms with Crippen LogP contribution in [0.5, 0.6) is 0 Å². The van der Waals surface area contributed by atoms with E-state index in [0.29, 0.717) is 13.0 Å². The minimum atomic E-state index is -1.38. The second-order valence-corrected chi connectivity index (χ2v) is 9.09. The SMILES string of the molecule is CC(C)CC(NC(=O)C(CC(=O)O)NC(=O)C1CCCN1)C(=O)NC(Cc1ccccc1)C(=O)O. The first-order valence-electron chi connectivity index (χ1n) is 11.7. The molecule has 0 bridgehead atoms. The highest BCUT2D eigenvalue weighted by molar-refractivity contribution is 5.95. The molecule has 0 aliphatic carbocycles. The van der Waals surface area contributed by atoms with Crippen LogP contribution >= 0.6 is 0 Å². The van der Waals surface area contributed by atoms with E-state index >= 15 is 0 Å². The third-order valence-corrected chi connectivity index (χ3v) is 5.63. The molecule has 0 radical (unpaired) electrons. The highest BCUT2D eigenvalue weighted by atomic mass is 16.4. The molecule has 1 aliphatic rings. The van der Waals surface area contributed by atoms with Crippen LogP contribution in [-0.2, 0) is 30.4 Å². The molecule has 6 N–H and O–H groups in total. The molecule has 1 fully saturated rings. The van der Waals surface area contributed by atoms with Crippen molar-refractivity contribution in [1.29, 1.82) is 0 Å². The van der Waals surface area contributed by atoms with Crippen LogP contribution < -0.4 is 21.3 Å². The fourth-order valence-corrected chi connectivity index (χ4v) is 3.86. The molecule has 1 aromatic carbocycles. The van der Waals surface area contributed by atoms with E-state index in [9.17, 15) is 34.2 Å². The molecule has 1 aliphatic heterocycles. The maximum Gasteiger partial charge on any atom is 0.326 e. The average molecular weight is 491 g/mol. The van der Waals surface area contributed by atoms with E-state index in [1.807, 2.05) is 13.8 Å². The van der Waals surface area contributed by atoms with Crippen molar-refractivity contribution in [1.82, 2.24) is 21.3 Å². The van der Waals surface area contributed by atoms with Gasteiger partial charge >= 0.3 is 11.9 Å². The Labute approximate surface area is 204 Å². The molecule has 11 nitrogen and oxygen atoms in total. The quantitative estimate of drug-likeness (QED) is 0.225. The fourth-order valence-electron chi connectivity index (χ4n) is 3.86. The van der Waals surface area contributed by atoms with Gasteiger partial charge in [-0.3, -0.25) is 19.2 Å². The van der Waals surface area contributed by atoms with E-state index < -0.39 is 60.2 Å². The molecule has 0 saturated carbocycles. The lowest BCUT2D eigenvalue weighted by Gasteiger charge is -2.25. The molecule has 35 heavy (non-hydrogen) atoms. The van der Waals surface area contributed by atoms with E-state index in [-0.39, 0.29) is 18.8 Å². The van der Waals surface area contributed by atoms with Gasteiger partial charge < -0.3 is 31.5 Å². The first-order chi connectivity index (χ1) is 16.6. The summed E-state index contributed by atoms with van der Waals surface area (Å²) in [5.41, 5.74) is 0.717. The second kappa shape index (κ2) is 13.4. The number of carboxylic acid groups (broad SMARTS) is 2. The van der Waals surface area contributed by atoms with E-state index in [1.165, 1.54) is 0 Å². The van der Waals surface area contributed by atoms with Crippen LogP contribution in [0, 0.1) is 5.92 Å². The zero-order valence-electron chi connectivity index (χ0n) is 20.0. The third-order valence-electron chi connectivity index (χ3n) is 5.63. The summed E-state index contributed by atoms with van der Waals surface area (Å²) in [6.07, 6.45) is 0.942. The molecular weight excluding hydrogens is 456 g/mol. The van der Waals surface area contributed by atoms with Crippen LogP contribution in [0.4, 0.5) is 0 Å². The maximum atomic E-state index is 13.0. The molecule has 1 heterocycles. The molecule has 2 rings (SSSR count). The number of carboxylic acids is 2. The number of hydrogen-bond acceptors (Lipinski definition) is 6. The van der Waals surface area contributed by atoms with Crippen molar-refractivity contribution < 1.29 is 34.2 Å². The predicted octanol–water partition coefficient (Wildman–Crippen LogP) is 0.0409. The zero-order valence-corrected chi connectivity index (χ0v) is 20.0. The van der Waals surface area contributed by atoms with Crippen LogP contribution in [0.15, 0.2) is 30.3 Å². The van der Waals surface area contributed by atoms with E-state index in [1.54, 1.807) is 30.3 Å². The van der Waals surface area contributed by atoms with Gasteiger partial charge in [-0.05, 0) is 37.3 Å². The molecule has 4 unspecified atom stereocenters. The number of carbonyl (C=O) groups excluding carboxylic acids is 3. The number of nitrogens with one attached hydrogen (secondary N) is 4. The molecule has 192 valence electrons. The largest absolute Gasteiger partial charge is 0.481 e. The smallest absolute Gasteiger partial charge is 0.326 e. The van der Waals surface area contributed by atoms with Crippen LogP contribution in [0.1, 0.15) is 45.1 Å². The van der Waals surface area contributed by atoms with Crippen LogP contribution in [-0.4, -0.2) is 70.6 Å². The van der Waals surface area contributed by atoms with Gasteiger partial charge in [-0.15, -0.1) is 0 Å². The number of carbonyl (C=O) groups is 5. The van der Waals surface area contributed by atoms with Gasteiger partial charge in [0, 0.05) is 6.42 Å². The predicted molar refractivity (Wildman–Crippen MR) is 126 cm³/mol. The van der Waals surface area contributed by atoms with E-state index in [2.05, 4.69) is 21.3 Å². The molecule has 3 amide bonds. The van der Waals surface area contributed by atoms with Crippen LogP contribution in [0.3, 0.4) is 0 Å². The molecule has 0 aromatic heterocycles. The fraction of sp³-hybridized carbons (Fsp3) is 0.542. The van der Waals surface area contributed by atoms with E-state index in [0.717, 1.165) is 12.0 Å². The van der Waals surface area contributed by atoms with Gasteiger partial charge in [0.25, 0.3) is 0 Å². The molecular formula is C24H34N4O7. The first kappa shape index (κ1) is 27.8. The van der Waals surface area contributed by atoms with Crippen molar-refractivity contribution >= 4 is 29.7 Å². The van der Waals surface area contributed by atoms with Crippen LogP contribution in [0.2, 0.25) is 0 Å². The van der Waals surface area contributed by atoms with Gasteiger partial charge in [0.05, 0.1) is 12.5 Å². The minimum absolute atomic E-state index is 0.0429. The number of aliphatic carboxylic acids is 2. The zero-order chi connectivity index (χ0) is 26.0. The summed E-state index contributed by atoms with van der Waals surface area (Å²) in [6.45, 7) is 4.30. The van der Waals surface area contributed by atoms with Gasteiger partial charge in [-0.25, -0.2) is 4.79 Å². The monoisotopic (exact) mass is 490 g/mol. The topological polar surface area (TPSA) is 174 Å². The number of hydrogen-bond donors (Lipinski definition) is 6. The van der Waals surface area contributed by atoms with Crippen molar-refractivity contribution in [3.8, 4) is 0 Å². The Kier molecular flexibility index (Phi) is 10.7. The summed E-state index contributed by atoms with van der Waals surface area (Å²) < 4.78 is 0. The summed E-state index contributed by atoms with van der Waals surface area (Å²) >= 11 is 0. The van der Waals surface area contributed by atoms with Crippen molar-refractivity contribution in [2.24, 2.45) is 5.92 Å². The van der Waals surface area contributed by atoms with Crippen molar-refractivity contribution in [2.45, 2.75) is 70.1 Å². The van der Waals surface area contributed by atoms with Gasteiger partial charge in [0.1, 0.15) is 18.1 Å². The lowest BCUT2D eigenvalue weighted by Crippen LogP contribution is -2.57. The summed E-state index contributed by atoms with van der Waals surface area (Å²) in [4.78, 5) is 61.4. The van der Waals surface area contributed by atoms with Gasteiger partial charge in [-0.1, -0.05) is 44.2 Å². The van der Waals surface area contributed by atoms with Gasteiger partial charge in [0.15, 0.2) is 0 Å². The highest BCUT2D eigenvalue weighted by Gasteiger charge is 2.32. The summed E-state index contributed by atoms with van der Waals surface area (Å²) in [6, 6.07) is 4.57. The lowest BCUT2D eigenvalue weighted by atomic mass is 10.0. The number of amides is 3. The second-order valence-electron chi connectivity index (χ2n) is 9.09. The van der Waals surface area contributed by atoms with Crippen molar-refractivity contribution in [3.05, 3.63) is 35.9 Å². The molecule has 1 saturated heterocycles. The maximum absolute atomic E-state index is 13.0. The molecule has 11 heteroatoms. The third kappa shape index (κ3) is 9.36. The van der Waals surface area contributed by atoms with E-state index in [4.69, 9.17) is 0 Å². The summed E-state index contributed by atoms with van der Waals surface area (Å²) in [7, 11) is 0. The van der Waals surface area contributed by atoms with Gasteiger partial charge in [0.2, 0.25) is 17.7 Å². The first-order valence-corrected chi connectivity index (χ1v) is 11.7. The molecule has 4 atom stereocenters.